The second-order valence-electron chi connectivity index (χ2n) is 8.13. The van der Waals surface area contributed by atoms with E-state index < -0.39 is 23.3 Å². The summed E-state index contributed by atoms with van der Waals surface area (Å²) in [5.41, 5.74) is 4.00. The van der Waals surface area contributed by atoms with Crippen molar-refractivity contribution in [1.29, 1.82) is 0 Å². The van der Waals surface area contributed by atoms with Crippen LogP contribution in [-0.2, 0) is 19.3 Å². The average molecular weight is 458 g/mol. The molecule has 0 radical (unpaired) electrons. The van der Waals surface area contributed by atoms with Crippen molar-refractivity contribution in [3.63, 3.8) is 0 Å². The molecule has 0 bridgehead atoms. The lowest BCUT2D eigenvalue weighted by Crippen LogP contribution is -1.94. The predicted molar refractivity (Wildman–Crippen MR) is 129 cm³/mol. The van der Waals surface area contributed by atoms with Gasteiger partial charge in [-0.2, -0.15) is 0 Å². The fourth-order valence-electron chi connectivity index (χ4n) is 3.77. The van der Waals surface area contributed by atoms with Crippen LogP contribution in [-0.4, -0.2) is 0 Å². The van der Waals surface area contributed by atoms with Crippen molar-refractivity contribution in [3.8, 4) is 11.8 Å². The van der Waals surface area contributed by atoms with E-state index in [0.29, 0.717) is 12.0 Å². The minimum atomic E-state index is -1.51. The molecule has 0 heterocycles. The molecule has 4 aromatic rings. The molecule has 4 rings (SSSR count). The van der Waals surface area contributed by atoms with Gasteiger partial charge in [-0.05, 0) is 78.1 Å². The molecule has 0 aliphatic rings. The van der Waals surface area contributed by atoms with E-state index in [2.05, 4.69) is 42.7 Å². The zero-order valence-electron chi connectivity index (χ0n) is 18.5. The molecule has 34 heavy (non-hydrogen) atoms. The molecule has 0 unspecified atom stereocenters. The predicted octanol–water partition coefficient (Wildman–Crippen LogP) is 7.70. The first kappa shape index (κ1) is 23.3. The first-order valence-corrected chi connectivity index (χ1v) is 11.0. The summed E-state index contributed by atoms with van der Waals surface area (Å²) < 4.78 is 55.4. The lowest BCUT2D eigenvalue weighted by atomic mass is 10.0. The van der Waals surface area contributed by atoms with E-state index in [1.54, 1.807) is 6.07 Å². The van der Waals surface area contributed by atoms with Gasteiger partial charge in [0, 0.05) is 10.9 Å². The van der Waals surface area contributed by atoms with Crippen LogP contribution in [0.4, 0.5) is 17.6 Å². The molecular weight excluding hydrogens is 436 g/mol. The van der Waals surface area contributed by atoms with Crippen LogP contribution in [0.2, 0.25) is 0 Å². The maximum atomic E-state index is 14.6. The summed E-state index contributed by atoms with van der Waals surface area (Å²) in [6, 6.07) is 18.6. The summed E-state index contributed by atoms with van der Waals surface area (Å²) in [5, 5.41) is 0.152. The Kier molecular flexibility index (Phi) is 7.13. The Morgan fingerprint density at radius 3 is 2.03 bits per heavy atom. The van der Waals surface area contributed by atoms with Gasteiger partial charge in [0.25, 0.3) is 0 Å². The van der Waals surface area contributed by atoms with E-state index in [-0.39, 0.29) is 16.3 Å². The summed E-state index contributed by atoms with van der Waals surface area (Å²) in [5.74, 6) is 1.14. The van der Waals surface area contributed by atoms with Crippen LogP contribution in [0.3, 0.4) is 0 Å². The van der Waals surface area contributed by atoms with Crippen LogP contribution in [0.25, 0.3) is 10.8 Å². The van der Waals surface area contributed by atoms with Gasteiger partial charge in [-0.3, -0.25) is 0 Å². The lowest BCUT2D eigenvalue weighted by molar-refractivity contribution is 0.453. The Hall–Kier alpha value is -3.84. The Morgan fingerprint density at radius 1 is 0.647 bits per heavy atom. The molecular formula is C30H22F4. The molecule has 0 spiro atoms. The van der Waals surface area contributed by atoms with Crippen molar-refractivity contribution in [3.05, 3.63) is 130 Å². The second kappa shape index (κ2) is 10.4. The molecule has 170 valence electrons. The van der Waals surface area contributed by atoms with Crippen molar-refractivity contribution >= 4 is 10.8 Å². The van der Waals surface area contributed by atoms with Crippen LogP contribution < -0.4 is 0 Å². The number of rotatable bonds is 6. The monoisotopic (exact) mass is 458 g/mol. The van der Waals surface area contributed by atoms with Crippen LogP contribution in [0.1, 0.15) is 34.2 Å². The first-order valence-electron chi connectivity index (χ1n) is 11.0. The fourth-order valence-corrected chi connectivity index (χ4v) is 3.77. The lowest BCUT2D eigenvalue weighted by Gasteiger charge is -2.05. The fraction of sp³-hybridized carbons (Fsp3) is 0.133. The molecule has 0 nitrogen and oxygen atoms in total. The van der Waals surface area contributed by atoms with Gasteiger partial charge in [0.05, 0.1) is 5.56 Å². The molecule has 4 aromatic carbocycles. The Labute approximate surface area is 196 Å². The minimum absolute atomic E-state index is 0.0358. The Morgan fingerprint density at radius 2 is 1.32 bits per heavy atom. The third kappa shape index (κ3) is 5.38. The zero-order chi connectivity index (χ0) is 24.1. The van der Waals surface area contributed by atoms with E-state index in [1.807, 2.05) is 12.1 Å². The quantitative estimate of drug-likeness (QED) is 0.120. The third-order valence-electron chi connectivity index (χ3n) is 5.71. The number of allylic oxidation sites excluding steroid dienone is 1. The largest absolute Gasteiger partial charge is 0.206 e. The first-order chi connectivity index (χ1) is 16.4. The van der Waals surface area contributed by atoms with Crippen LogP contribution in [0, 0.1) is 35.1 Å². The number of hydrogen-bond acceptors (Lipinski definition) is 0. The van der Waals surface area contributed by atoms with Crippen molar-refractivity contribution in [2.45, 2.75) is 25.7 Å². The van der Waals surface area contributed by atoms with E-state index >= 15 is 0 Å². The minimum Gasteiger partial charge on any atom is -0.206 e. The molecule has 0 amide bonds. The number of fused-ring (bicyclic) bond motifs is 1. The van der Waals surface area contributed by atoms with Crippen molar-refractivity contribution < 1.29 is 17.6 Å². The summed E-state index contributed by atoms with van der Waals surface area (Å²) in [7, 11) is 0. The highest BCUT2D eigenvalue weighted by Gasteiger charge is 2.13. The Balaban J connectivity index is 1.45. The van der Waals surface area contributed by atoms with Gasteiger partial charge >= 0.3 is 0 Å². The maximum absolute atomic E-state index is 14.6. The zero-order valence-corrected chi connectivity index (χ0v) is 18.5. The van der Waals surface area contributed by atoms with Crippen LogP contribution in [0.5, 0.6) is 0 Å². The van der Waals surface area contributed by atoms with E-state index in [0.717, 1.165) is 30.9 Å². The van der Waals surface area contributed by atoms with Gasteiger partial charge in [0.1, 0.15) is 5.82 Å². The maximum Gasteiger partial charge on any atom is 0.195 e. The summed E-state index contributed by atoms with van der Waals surface area (Å²) >= 11 is 0. The van der Waals surface area contributed by atoms with Crippen LogP contribution in [0.15, 0.2) is 79.4 Å². The molecule has 4 heteroatoms. The van der Waals surface area contributed by atoms with Gasteiger partial charge < -0.3 is 0 Å². The third-order valence-corrected chi connectivity index (χ3v) is 5.71. The summed E-state index contributed by atoms with van der Waals surface area (Å²) in [4.78, 5) is 0. The Bertz CT molecular complexity index is 1410. The molecule has 0 fully saturated rings. The van der Waals surface area contributed by atoms with E-state index in [9.17, 15) is 17.6 Å². The van der Waals surface area contributed by atoms with E-state index in [4.69, 9.17) is 0 Å². The second-order valence-corrected chi connectivity index (χ2v) is 8.13. The summed E-state index contributed by atoms with van der Waals surface area (Å²) in [6.07, 6.45) is 5.34. The highest BCUT2D eigenvalue weighted by molar-refractivity contribution is 5.84. The topological polar surface area (TPSA) is 0 Å². The molecule has 0 aliphatic carbocycles. The molecule has 0 saturated carbocycles. The number of benzene rings is 4. The van der Waals surface area contributed by atoms with Gasteiger partial charge in [-0.15, -0.1) is 6.58 Å². The highest BCUT2D eigenvalue weighted by Crippen LogP contribution is 2.24. The molecule has 0 N–H and O–H groups in total. The number of hydrogen-bond donors (Lipinski definition) is 0. The average Bonchev–Trinajstić information content (AvgIpc) is 2.84. The SMILES string of the molecule is C=CCCc1ccc(CCc2ccc(C#Cc3ccc4c(F)c(F)c(F)cc4c3)c(F)c2)cc1. The normalized spacial score (nSPS) is 10.7. The highest BCUT2D eigenvalue weighted by atomic mass is 19.2. The van der Waals surface area contributed by atoms with Crippen LogP contribution >= 0.6 is 0 Å². The van der Waals surface area contributed by atoms with Gasteiger partial charge in [-0.25, -0.2) is 17.6 Å². The standard InChI is InChI=1S/C30H22F4/c1-2-3-4-20-5-7-21(8-6-20)9-10-23-12-15-24(27(31)18-23)14-11-22-13-16-26-25(17-22)19-28(32)30(34)29(26)33/h2,5-8,12-13,15-19H,1,3-4,9-10H2. The van der Waals surface area contributed by atoms with Crippen molar-refractivity contribution in [2.75, 3.05) is 0 Å². The van der Waals surface area contributed by atoms with Crippen molar-refractivity contribution in [2.24, 2.45) is 0 Å². The van der Waals surface area contributed by atoms with E-state index in [1.165, 1.54) is 35.4 Å². The van der Waals surface area contributed by atoms with Gasteiger partial charge in [-0.1, -0.05) is 54.3 Å². The molecule has 0 aliphatic heterocycles. The van der Waals surface area contributed by atoms with Crippen molar-refractivity contribution in [1.82, 2.24) is 0 Å². The van der Waals surface area contributed by atoms with Gasteiger partial charge in [0.2, 0.25) is 0 Å². The number of halogens is 4. The number of aryl methyl sites for hydroxylation is 3. The molecule has 0 saturated heterocycles. The molecule has 0 aromatic heterocycles. The smallest absolute Gasteiger partial charge is 0.195 e. The molecule has 0 atom stereocenters. The van der Waals surface area contributed by atoms with Gasteiger partial charge in [0.15, 0.2) is 17.5 Å². The summed E-state index contributed by atoms with van der Waals surface area (Å²) in [6.45, 7) is 3.74.